The molecule has 2 aromatic rings. The van der Waals surface area contributed by atoms with E-state index in [0.717, 1.165) is 25.1 Å². The number of carbonyl (C=O) groups is 1. The highest BCUT2D eigenvalue weighted by atomic mass is 16.1. The van der Waals surface area contributed by atoms with Gasteiger partial charge in [-0.1, -0.05) is 13.8 Å². The Morgan fingerprint density at radius 3 is 2.92 bits per heavy atom. The minimum absolute atomic E-state index is 0.0468. The van der Waals surface area contributed by atoms with Gasteiger partial charge in [-0.3, -0.25) is 19.5 Å². The number of carbonyl (C=O) groups excluding carboxylic acids is 1. The van der Waals surface area contributed by atoms with Crippen LogP contribution in [0, 0.1) is 5.92 Å². The Hall–Kier alpha value is -2.15. The number of piperidine rings is 1. The van der Waals surface area contributed by atoms with Crippen molar-refractivity contribution in [2.24, 2.45) is 13.0 Å². The number of aryl methyl sites for hydroxylation is 1. The molecule has 2 atom stereocenters. The highest BCUT2D eigenvalue weighted by Crippen LogP contribution is 2.34. The standard InChI is InChI=1S/C18H28N6O/c1-12(2)16-14(11-20-22-16)18(25)19-10-13-6-5-9-23(3)17(13)15-7-8-21-24(15)4/h7-8,11-13,17H,5-6,9-10H2,1-4H3,(H,19,25)(H,20,22)/t13-,17+/m0/s1. The van der Waals surface area contributed by atoms with Crippen LogP contribution in [-0.2, 0) is 7.05 Å². The van der Waals surface area contributed by atoms with Gasteiger partial charge in [0.25, 0.3) is 5.91 Å². The maximum absolute atomic E-state index is 12.6. The van der Waals surface area contributed by atoms with E-state index in [-0.39, 0.29) is 17.9 Å². The van der Waals surface area contributed by atoms with Crippen molar-refractivity contribution >= 4 is 5.91 Å². The summed E-state index contributed by atoms with van der Waals surface area (Å²) < 4.78 is 1.94. The molecule has 0 aliphatic carbocycles. The number of rotatable bonds is 5. The van der Waals surface area contributed by atoms with Gasteiger partial charge >= 0.3 is 0 Å². The second-order valence-electron chi connectivity index (χ2n) is 7.27. The molecular weight excluding hydrogens is 316 g/mol. The molecule has 0 unspecified atom stereocenters. The van der Waals surface area contributed by atoms with Gasteiger partial charge in [-0.25, -0.2) is 0 Å². The Kier molecular flexibility index (Phi) is 5.22. The van der Waals surface area contributed by atoms with Crippen LogP contribution < -0.4 is 5.32 Å². The molecule has 3 rings (SSSR count). The Labute approximate surface area is 148 Å². The van der Waals surface area contributed by atoms with Crippen molar-refractivity contribution in [1.82, 2.24) is 30.2 Å². The first kappa shape index (κ1) is 17.7. The Morgan fingerprint density at radius 1 is 1.44 bits per heavy atom. The van der Waals surface area contributed by atoms with Crippen LogP contribution in [-0.4, -0.2) is 50.9 Å². The number of likely N-dealkylation sites (tertiary alicyclic amines) is 1. The number of nitrogens with one attached hydrogen (secondary N) is 2. The summed E-state index contributed by atoms with van der Waals surface area (Å²) in [5, 5.41) is 14.4. The minimum Gasteiger partial charge on any atom is -0.352 e. The molecule has 1 fully saturated rings. The first-order valence-electron chi connectivity index (χ1n) is 8.98. The summed E-state index contributed by atoms with van der Waals surface area (Å²) in [6.45, 7) is 5.83. The quantitative estimate of drug-likeness (QED) is 0.870. The normalized spacial score (nSPS) is 21.6. The van der Waals surface area contributed by atoms with E-state index < -0.39 is 0 Å². The van der Waals surface area contributed by atoms with Crippen molar-refractivity contribution in [3.05, 3.63) is 35.4 Å². The van der Waals surface area contributed by atoms with E-state index in [1.54, 1.807) is 6.20 Å². The lowest BCUT2D eigenvalue weighted by atomic mass is 9.87. The number of aromatic nitrogens is 4. The average molecular weight is 344 g/mol. The number of aromatic amines is 1. The molecule has 3 heterocycles. The molecule has 7 nitrogen and oxygen atoms in total. The first-order chi connectivity index (χ1) is 12.0. The molecular formula is C18H28N6O. The molecule has 1 amide bonds. The third-order valence-corrected chi connectivity index (χ3v) is 5.18. The minimum atomic E-state index is -0.0468. The molecule has 0 aromatic carbocycles. The molecule has 0 saturated carbocycles. The van der Waals surface area contributed by atoms with Gasteiger partial charge in [0.1, 0.15) is 0 Å². The van der Waals surface area contributed by atoms with Crippen LogP contribution in [0.3, 0.4) is 0 Å². The summed E-state index contributed by atoms with van der Waals surface area (Å²) in [6.07, 6.45) is 5.71. The van der Waals surface area contributed by atoms with Crippen LogP contribution in [0.15, 0.2) is 18.5 Å². The molecule has 1 aliphatic rings. The van der Waals surface area contributed by atoms with Gasteiger partial charge < -0.3 is 5.32 Å². The van der Waals surface area contributed by atoms with Crippen molar-refractivity contribution in [3.63, 3.8) is 0 Å². The van der Waals surface area contributed by atoms with Crippen molar-refractivity contribution in [2.75, 3.05) is 20.1 Å². The van der Waals surface area contributed by atoms with Crippen LogP contribution in [0.2, 0.25) is 0 Å². The smallest absolute Gasteiger partial charge is 0.254 e. The number of nitrogens with zero attached hydrogens (tertiary/aromatic N) is 4. The summed E-state index contributed by atoms with van der Waals surface area (Å²) in [5.74, 6) is 0.563. The summed E-state index contributed by atoms with van der Waals surface area (Å²) in [5.41, 5.74) is 2.74. The number of hydrogen-bond donors (Lipinski definition) is 2. The fourth-order valence-electron chi connectivity index (χ4n) is 3.85. The van der Waals surface area contributed by atoms with Crippen LogP contribution >= 0.6 is 0 Å². The van der Waals surface area contributed by atoms with Crippen LogP contribution in [0.4, 0.5) is 0 Å². The highest BCUT2D eigenvalue weighted by Gasteiger charge is 2.32. The first-order valence-corrected chi connectivity index (χ1v) is 8.98. The van der Waals surface area contributed by atoms with E-state index in [9.17, 15) is 4.79 Å². The van der Waals surface area contributed by atoms with E-state index in [2.05, 4.69) is 52.5 Å². The Balaban J connectivity index is 1.71. The summed E-state index contributed by atoms with van der Waals surface area (Å²) >= 11 is 0. The van der Waals surface area contributed by atoms with Gasteiger partial charge in [0.15, 0.2) is 0 Å². The third kappa shape index (κ3) is 3.61. The lowest BCUT2D eigenvalue weighted by Crippen LogP contribution is -2.42. The Morgan fingerprint density at radius 2 is 2.24 bits per heavy atom. The van der Waals surface area contributed by atoms with Gasteiger partial charge in [0.05, 0.1) is 29.2 Å². The van der Waals surface area contributed by atoms with Crippen LogP contribution in [0.1, 0.15) is 60.4 Å². The second kappa shape index (κ2) is 7.39. The molecule has 136 valence electrons. The zero-order valence-corrected chi connectivity index (χ0v) is 15.5. The second-order valence-corrected chi connectivity index (χ2v) is 7.27. The van der Waals surface area contributed by atoms with Crippen molar-refractivity contribution in [3.8, 4) is 0 Å². The molecule has 2 N–H and O–H groups in total. The maximum Gasteiger partial charge on any atom is 0.254 e. The predicted octanol–water partition coefficient (Wildman–Crippen LogP) is 2.08. The molecule has 25 heavy (non-hydrogen) atoms. The zero-order valence-electron chi connectivity index (χ0n) is 15.5. The topological polar surface area (TPSA) is 78.8 Å². The van der Waals surface area contributed by atoms with Crippen molar-refractivity contribution in [1.29, 1.82) is 0 Å². The maximum atomic E-state index is 12.6. The van der Waals surface area contributed by atoms with E-state index in [1.165, 1.54) is 5.69 Å². The van der Waals surface area contributed by atoms with E-state index in [4.69, 9.17) is 0 Å². The van der Waals surface area contributed by atoms with Crippen LogP contribution in [0.25, 0.3) is 0 Å². The lowest BCUT2D eigenvalue weighted by Gasteiger charge is -2.39. The highest BCUT2D eigenvalue weighted by molar-refractivity contribution is 5.95. The van der Waals surface area contributed by atoms with E-state index >= 15 is 0 Å². The number of amides is 1. The number of hydrogen-bond acceptors (Lipinski definition) is 4. The third-order valence-electron chi connectivity index (χ3n) is 5.18. The molecule has 0 spiro atoms. The van der Waals surface area contributed by atoms with Crippen molar-refractivity contribution < 1.29 is 4.79 Å². The largest absolute Gasteiger partial charge is 0.352 e. The van der Waals surface area contributed by atoms with Crippen molar-refractivity contribution in [2.45, 2.75) is 38.6 Å². The molecule has 7 heteroatoms. The molecule has 2 aromatic heterocycles. The SMILES string of the molecule is CC(C)c1[nH]ncc1C(=O)NC[C@@H]1CCCN(C)[C@H]1c1ccnn1C. The molecule has 1 aliphatic heterocycles. The van der Waals surface area contributed by atoms with E-state index in [1.807, 2.05) is 17.9 Å². The van der Waals surface area contributed by atoms with Gasteiger partial charge in [-0.2, -0.15) is 10.2 Å². The summed E-state index contributed by atoms with van der Waals surface area (Å²) in [7, 11) is 4.13. The lowest BCUT2D eigenvalue weighted by molar-refractivity contribution is 0.0879. The van der Waals surface area contributed by atoms with Gasteiger partial charge in [-0.05, 0) is 44.3 Å². The van der Waals surface area contributed by atoms with Crippen LogP contribution in [0.5, 0.6) is 0 Å². The monoisotopic (exact) mass is 344 g/mol. The molecule has 0 bridgehead atoms. The predicted molar refractivity (Wildman–Crippen MR) is 96.3 cm³/mol. The molecule has 1 saturated heterocycles. The number of H-pyrrole nitrogens is 1. The average Bonchev–Trinajstić information content (AvgIpc) is 3.22. The summed E-state index contributed by atoms with van der Waals surface area (Å²) in [4.78, 5) is 15.0. The zero-order chi connectivity index (χ0) is 18.0. The molecule has 0 radical (unpaired) electrons. The van der Waals surface area contributed by atoms with Gasteiger partial charge in [-0.15, -0.1) is 0 Å². The fraction of sp³-hybridized carbons (Fsp3) is 0.611. The van der Waals surface area contributed by atoms with Gasteiger partial charge in [0, 0.05) is 19.8 Å². The van der Waals surface area contributed by atoms with E-state index in [0.29, 0.717) is 18.0 Å². The van der Waals surface area contributed by atoms with Gasteiger partial charge in [0.2, 0.25) is 0 Å². The summed E-state index contributed by atoms with van der Waals surface area (Å²) in [6, 6.07) is 2.35. The Bertz CT molecular complexity index is 719. The fourth-order valence-corrected chi connectivity index (χ4v) is 3.85.